The highest BCUT2D eigenvalue weighted by Crippen LogP contribution is 2.19. The molecule has 2 unspecified atom stereocenters. The quantitative estimate of drug-likeness (QED) is 0.133. The lowest BCUT2D eigenvalue weighted by atomic mass is 10.0. The van der Waals surface area contributed by atoms with Crippen LogP contribution in [-0.2, 0) is 22.4 Å². The Morgan fingerprint density at radius 1 is 0.812 bits per heavy atom. The second-order valence-electron chi connectivity index (χ2n) is 13.5. The summed E-state index contributed by atoms with van der Waals surface area (Å²) in [7, 11) is 0. The molecular weight excluding hydrogens is 596 g/mol. The molecule has 2 fully saturated rings. The number of aldehydes is 1. The predicted molar refractivity (Wildman–Crippen MR) is 197 cm³/mol. The highest BCUT2D eigenvalue weighted by Gasteiger charge is 2.31. The number of carbonyl (C=O) groups is 2. The van der Waals surface area contributed by atoms with Crippen molar-refractivity contribution in [3.05, 3.63) is 131 Å². The van der Waals surface area contributed by atoms with Crippen LogP contribution in [0.1, 0.15) is 68.7 Å². The Morgan fingerprint density at radius 3 is 1.85 bits per heavy atom. The first-order valence-corrected chi connectivity index (χ1v) is 17.1. The second kappa shape index (κ2) is 18.6. The maximum Gasteiger partial charge on any atom is 0.410 e. The summed E-state index contributed by atoms with van der Waals surface area (Å²) >= 11 is 0. The molecule has 2 saturated heterocycles. The van der Waals surface area contributed by atoms with E-state index in [9.17, 15) is 9.59 Å². The standard InChI is InChI=1S/C18H22N2.C13H13N.C10H17NO3/c1-2-5-15(6-3-1)13-16-8-10-17(11-9-16)20-14-18-7-4-12-19-18;14-13-8-6-12(7-9-13)10-11-4-2-1-3-5-11;1-10(2,3)14-9(13)11-6-4-5-8(11)7-12/h1-3,5-6,8-11,18-20H,4,7,12-14H2;1-9H,10,14H2;7-8H,4-6H2,1-3H3. The topological polar surface area (TPSA) is 96.7 Å². The van der Waals surface area contributed by atoms with Crippen molar-refractivity contribution >= 4 is 23.8 Å². The van der Waals surface area contributed by atoms with Gasteiger partial charge in [0.05, 0.1) is 6.04 Å². The summed E-state index contributed by atoms with van der Waals surface area (Å²) in [5.74, 6) is 0. The van der Waals surface area contributed by atoms with E-state index < -0.39 is 5.60 Å². The number of nitrogen functional groups attached to an aromatic ring is 1. The van der Waals surface area contributed by atoms with E-state index in [0.717, 1.165) is 44.2 Å². The Balaban J connectivity index is 0.000000167. The van der Waals surface area contributed by atoms with Gasteiger partial charge in [0.25, 0.3) is 0 Å². The Labute approximate surface area is 286 Å². The Hall–Kier alpha value is -4.62. The molecule has 254 valence electrons. The number of benzene rings is 4. The largest absolute Gasteiger partial charge is 0.444 e. The summed E-state index contributed by atoms with van der Waals surface area (Å²) < 4.78 is 5.18. The summed E-state index contributed by atoms with van der Waals surface area (Å²) in [6, 6.07) is 38.2. The van der Waals surface area contributed by atoms with Gasteiger partial charge in [-0.25, -0.2) is 4.79 Å². The minimum absolute atomic E-state index is 0.287. The molecule has 2 aliphatic rings. The van der Waals surface area contributed by atoms with Gasteiger partial charge in [-0.05, 0) is 112 Å². The molecule has 2 atom stereocenters. The highest BCUT2D eigenvalue weighted by molar-refractivity contribution is 5.74. The van der Waals surface area contributed by atoms with Crippen LogP contribution < -0.4 is 16.4 Å². The average Bonchev–Trinajstić information content (AvgIpc) is 3.79. The number of nitrogens with zero attached hydrogens (tertiary/aromatic N) is 1. The number of rotatable bonds is 8. The summed E-state index contributed by atoms with van der Waals surface area (Å²) in [6.45, 7) is 8.27. The number of carbonyl (C=O) groups excluding carboxylic acids is 2. The smallest absolute Gasteiger partial charge is 0.410 e. The maximum atomic E-state index is 11.6. The van der Waals surface area contributed by atoms with Gasteiger partial charge in [0.2, 0.25) is 0 Å². The van der Waals surface area contributed by atoms with Crippen molar-refractivity contribution in [1.82, 2.24) is 10.2 Å². The molecule has 7 nitrogen and oxygen atoms in total. The molecule has 48 heavy (non-hydrogen) atoms. The number of amides is 1. The highest BCUT2D eigenvalue weighted by atomic mass is 16.6. The minimum atomic E-state index is -0.493. The third-order valence-electron chi connectivity index (χ3n) is 8.24. The van der Waals surface area contributed by atoms with E-state index in [0.29, 0.717) is 12.6 Å². The number of hydrogen-bond donors (Lipinski definition) is 3. The van der Waals surface area contributed by atoms with E-state index in [-0.39, 0.29) is 12.1 Å². The molecule has 2 aliphatic heterocycles. The summed E-state index contributed by atoms with van der Waals surface area (Å²) in [6.07, 6.45) is 6.64. The second-order valence-corrected chi connectivity index (χ2v) is 13.5. The molecule has 0 radical (unpaired) electrons. The average molecular weight is 649 g/mol. The van der Waals surface area contributed by atoms with Crippen molar-refractivity contribution in [2.24, 2.45) is 0 Å². The zero-order chi connectivity index (χ0) is 34.2. The number of nitrogens with one attached hydrogen (secondary N) is 2. The minimum Gasteiger partial charge on any atom is -0.444 e. The van der Waals surface area contributed by atoms with Crippen LogP contribution >= 0.6 is 0 Å². The SMILES string of the molecule is CC(C)(C)OC(=O)N1CCCC1C=O.Nc1ccc(Cc2ccccc2)cc1.c1ccc(Cc2ccc(NCC3CCCN3)cc2)cc1. The van der Waals surface area contributed by atoms with Crippen molar-refractivity contribution in [2.75, 3.05) is 30.7 Å². The molecule has 6 rings (SSSR count). The lowest BCUT2D eigenvalue weighted by Gasteiger charge is -2.26. The Bertz CT molecular complexity index is 1500. The lowest BCUT2D eigenvalue weighted by molar-refractivity contribution is -0.111. The van der Waals surface area contributed by atoms with Gasteiger partial charge in [-0.15, -0.1) is 0 Å². The van der Waals surface area contributed by atoms with Crippen LogP contribution in [0.4, 0.5) is 16.2 Å². The van der Waals surface area contributed by atoms with E-state index in [1.165, 1.54) is 52.2 Å². The van der Waals surface area contributed by atoms with Gasteiger partial charge >= 0.3 is 6.09 Å². The van der Waals surface area contributed by atoms with Crippen LogP contribution in [0.25, 0.3) is 0 Å². The van der Waals surface area contributed by atoms with Gasteiger partial charge in [-0.2, -0.15) is 0 Å². The molecule has 0 aromatic heterocycles. The number of ether oxygens (including phenoxy) is 1. The van der Waals surface area contributed by atoms with Crippen molar-refractivity contribution < 1.29 is 14.3 Å². The fraction of sp³-hybridized carbons (Fsp3) is 0.366. The third kappa shape index (κ3) is 12.9. The summed E-state index contributed by atoms with van der Waals surface area (Å²) in [5.41, 5.74) is 12.5. The number of nitrogens with two attached hydrogens (primary N) is 1. The lowest BCUT2D eigenvalue weighted by Crippen LogP contribution is -2.40. The molecule has 4 aromatic rings. The first-order valence-electron chi connectivity index (χ1n) is 17.1. The molecule has 4 aromatic carbocycles. The molecular formula is C41H52N4O3. The van der Waals surface area contributed by atoms with Crippen molar-refractivity contribution in [2.45, 2.75) is 77.0 Å². The van der Waals surface area contributed by atoms with Gasteiger partial charge in [0.1, 0.15) is 11.9 Å². The fourth-order valence-corrected chi connectivity index (χ4v) is 5.69. The Morgan fingerprint density at radius 2 is 1.35 bits per heavy atom. The maximum absolute atomic E-state index is 11.6. The van der Waals surface area contributed by atoms with Crippen LogP contribution in [-0.4, -0.2) is 54.6 Å². The van der Waals surface area contributed by atoms with E-state index in [4.69, 9.17) is 10.5 Å². The molecule has 0 bridgehead atoms. The molecule has 7 heteroatoms. The van der Waals surface area contributed by atoms with Crippen molar-refractivity contribution in [3.8, 4) is 0 Å². The first-order chi connectivity index (χ1) is 23.2. The fourth-order valence-electron chi connectivity index (χ4n) is 5.69. The van der Waals surface area contributed by atoms with Gasteiger partial charge in [0.15, 0.2) is 0 Å². The van der Waals surface area contributed by atoms with Crippen LogP contribution in [0.15, 0.2) is 109 Å². The number of hydrogen-bond acceptors (Lipinski definition) is 6. The van der Waals surface area contributed by atoms with Crippen LogP contribution in [0, 0.1) is 0 Å². The first kappa shape index (κ1) is 36.2. The number of likely N-dealkylation sites (tertiary alicyclic amines) is 1. The predicted octanol–water partition coefficient (Wildman–Crippen LogP) is 7.89. The Kier molecular flexibility index (Phi) is 14.1. The van der Waals surface area contributed by atoms with Crippen LogP contribution in [0.2, 0.25) is 0 Å². The van der Waals surface area contributed by atoms with Crippen LogP contribution in [0.3, 0.4) is 0 Å². The van der Waals surface area contributed by atoms with Gasteiger partial charge in [-0.3, -0.25) is 4.90 Å². The molecule has 4 N–H and O–H groups in total. The normalized spacial score (nSPS) is 16.9. The van der Waals surface area contributed by atoms with Gasteiger partial charge in [0, 0.05) is 30.5 Å². The summed E-state index contributed by atoms with van der Waals surface area (Å²) in [5, 5.41) is 7.02. The molecule has 1 amide bonds. The monoisotopic (exact) mass is 648 g/mol. The van der Waals surface area contributed by atoms with Crippen LogP contribution in [0.5, 0.6) is 0 Å². The van der Waals surface area contributed by atoms with Gasteiger partial charge < -0.3 is 25.9 Å². The molecule has 2 heterocycles. The van der Waals surface area contributed by atoms with Crippen molar-refractivity contribution in [1.29, 1.82) is 0 Å². The van der Waals surface area contributed by atoms with E-state index in [1.54, 1.807) is 0 Å². The summed E-state index contributed by atoms with van der Waals surface area (Å²) in [4.78, 5) is 23.7. The van der Waals surface area contributed by atoms with E-state index >= 15 is 0 Å². The third-order valence-corrected chi connectivity index (χ3v) is 8.24. The molecule has 0 saturated carbocycles. The molecule has 0 spiro atoms. The molecule has 0 aliphatic carbocycles. The van der Waals surface area contributed by atoms with Gasteiger partial charge in [-0.1, -0.05) is 84.9 Å². The van der Waals surface area contributed by atoms with E-state index in [1.807, 2.05) is 39.0 Å². The van der Waals surface area contributed by atoms with E-state index in [2.05, 4.69) is 102 Å². The van der Waals surface area contributed by atoms with Crippen molar-refractivity contribution in [3.63, 3.8) is 0 Å². The zero-order valence-electron chi connectivity index (χ0n) is 28.7. The zero-order valence-corrected chi connectivity index (χ0v) is 28.7. The number of anilines is 2.